The Kier molecular flexibility index (Phi) is 4.97. The van der Waals surface area contributed by atoms with E-state index in [1.807, 2.05) is 37.3 Å². The number of aryl methyl sites for hydroxylation is 1. The van der Waals surface area contributed by atoms with Crippen molar-refractivity contribution in [3.63, 3.8) is 0 Å². The third kappa shape index (κ3) is 3.62. The number of primary amides is 1. The molecule has 0 spiro atoms. The minimum Gasteiger partial charge on any atom is -0.488 e. The number of carbonyl (C=O) groups is 1. The van der Waals surface area contributed by atoms with Gasteiger partial charge in [-0.25, -0.2) is 4.68 Å². The predicted octanol–water partition coefficient (Wildman–Crippen LogP) is 4.17. The minimum absolute atomic E-state index is 0.137. The van der Waals surface area contributed by atoms with Crippen molar-refractivity contribution in [3.8, 4) is 11.4 Å². The van der Waals surface area contributed by atoms with Gasteiger partial charge in [-0.3, -0.25) is 4.79 Å². The molecule has 25 heavy (non-hydrogen) atoms. The molecule has 2 N–H and O–H groups in total. The highest BCUT2D eigenvalue weighted by Gasteiger charge is 2.17. The van der Waals surface area contributed by atoms with Gasteiger partial charge in [-0.15, -0.1) is 0 Å². The summed E-state index contributed by atoms with van der Waals surface area (Å²) in [4.78, 5) is 11.5. The Bertz CT molecular complexity index is 924. The summed E-state index contributed by atoms with van der Waals surface area (Å²) in [6.45, 7) is 1.98. The molecule has 3 rings (SSSR count). The van der Waals surface area contributed by atoms with Gasteiger partial charge in [0.1, 0.15) is 17.5 Å². The van der Waals surface area contributed by atoms with E-state index in [2.05, 4.69) is 5.10 Å². The van der Waals surface area contributed by atoms with Crippen molar-refractivity contribution in [2.24, 2.45) is 5.73 Å². The molecule has 0 saturated heterocycles. The molecule has 0 unspecified atom stereocenters. The summed E-state index contributed by atoms with van der Waals surface area (Å²) in [5.41, 5.74) is 7.93. The number of amides is 1. The molecule has 0 aliphatic heterocycles. The first-order chi connectivity index (χ1) is 12.0. The average Bonchev–Trinajstić information content (AvgIpc) is 2.88. The number of para-hydroxylation sites is 1. The molecule has 0 atom stereocenters. The van der Waals surface area contributed by atoms with Crippen LogP contribution < -0.4 is 10.5 Å². The van der Waals surface area contributed by atoms with Crippen LogP contribution in [0.5, 0.6) is 5.75 Å². The van der Waals surface area contributed by atoms with Gasteiger partial charge in [0.2, 0.25) is 0 Å². The molecule has 128 valence electrons. The van der Waals surface area contributed by atoms with Crippen molar-refractivity contribution in [1.82, 2.24) is 9.78 Å². The molecule has 0 radical (unpaired) electrons. The molecule has 7 heteroatoms. The third-order valence-corrected chi connectivity index (χ3v) is 4.33. The molecular formula is C18H15Cl2N3O2. The zero-order chi connectivity index (χ0) is 18.0. The van der Waals surface area contributed by atoms with Crippen LogP contribution in [-0.2, 0) is 6.61 Å². The van der Waals surface area contributed by atoms with Crippen molar-refractivity contribution in [1.29, 1.82) is 0 Å². The maximum atomic E-state index is 11.5. The van der Waals surface area contributed by atoms with Crippen molar-refractivity contribution < 1.29 is 9.53 Å². The largest absolute Gasteiger partial charge is 0.488 e. The van der Waals surface area contributed by atoms with Crippen molar-refractivity contribution in [3.05, 3.63) is 75.5 Å². The Morgan fingerprint density at radius 3 is 2.60 bits per heavy atom. The van der Waals surface area contributed by atoms with Crippen LogP contribution in [-0.4, -0.2) is 15.7 Å². The molecule has 1 amide bonds. The summed E-state index contributed by atoms with van der Waals surface area (Å²) in [5.74, 6) is -0.280. The smallest absolute Gasteiger partial charge is 0.252 e. The van der Waals surface area contributed by atoms with Gasteiger partial charge in [0.05, 0.1) is 16.9 Å². The van der Waals surface area contributed by atoms with Gasteiger partial charge < -0.3 is 10.5 Å². The third-order valence-electron chi connectivity index (χ3n) is 3.70. The molecule has 0 bridgehead atoms. The number of benzene rings is 2. The van der Waals surface area contributed by atoms with Gasteiger partial charge in [0.15, 0.2) is 0 Å². The SMILES string of the molecule is Cc1nn(-c2ccccc2)c(Cl)c1COc1cc(Cl)ccc1C(N)=O. The first kappa shape index (κ1) is 17.3. The molecule has 0 aliphatic carbocycles. The lowest BCUT2D eigenvalue weighted by Crippen LogP contribution is -2.13. The zero-order valence-electron chi connectivity index (χ0n) is 13.4. The van der Waals surface area contributed by atoms with E-state index in [-0.39, 0.29) is 12.2 Å². The van der Waals surface area contributed by atoms with Gasteiger partial charge in [0, 0.05) is 10.6 Å². The maximum Gasteiger partial charge on any atom is 0.252 e. The second-order valence-corrected chi connectivity index (χ2v) is 6.19. The monoisotopic (exact) mass is 375 g/mol. The van der Waals surface area contributed by atoms with Crippen molar-refractivity contribution >= 4 is 29.1 Å². The first-order valence-electron chi connectivity index (χ1n) is 7.49. The molecule has 0 saturated carbocycles. The second-order valence-electron chi connectivity index (χ2n) is 5.40. The van der Waals surface area contributed by atoms with Crippen LogP contribution in [0.3, 0.4) is 0 Å². The topological polar surface area (TPSA) is 70.1 Å². The fourth-order valence-corrected chi connectivity index (χ4v) is 2.89. The van der Waals surface area contributed by atoms with E-state index in [9.17, 15) is 4.79 Å². The predicted molar refractivity (Wildman–Crippen MR) is 97.6 cm³/mol. The Balaban J connectivity index is 1.89. The van der Waals surface area contributed by atoms with E-state index in [1.165, 1.54) is 6.07 Å². The summed E-state index contributed by atoms with van der Waals surface area (Å²) in [5, 5.41) is 5.35. The van der Waals surface area contributed by atoms with E-state index in [0.717, 1.165) is 16.9 Å². The Labute approximate surface area is 154 Å². The van der Waals surface area contributed by atoms with Crippen LogP contribution in [0, 0.1) is 6.92 Å². The van der Waals surface area contributed by atoms with Crippen molar-refractivity contribution in [2.45, 2.75) is 13.5 Å². The quantitative estimate of drug-likeness (QED) is 0.727. The number of nitrogens with two attached hydrogens (primary N) is 1. The molecule has 3 aromatic rings. The van der Waals surface area contributed by atoms with Gasteiger partial charge in [-0.05, 0) is 37.3 Å². The van der Waals surface area contributed by atoms with Crippen molar-refractivity contribution in [2.75, 3.05) is 0 Å². The van der Waals surface area contributed by atoms with E-state index < -0.39 is 5.91 Å². The Morgan fingerprint density at radius 1 is 1.20 bits per heavy atom. The molecule has 0 fully saturated rings. The van der Waals surface area contributed by atoms with Crippen LogP contribution >= 0.6 is 23.2 Å². The number of nitrogens with zero attached hydrogens (tertiary/aromatic N) is 2. The minimum atomic E-state index is -0.588. The van der Waals surface area contributed by atoms with Crippen LogP contribution in [0.1, 0.15) is 21.6 Å². The number of rotatable bonds is 5. The molecule has 0 aliphatic rings. The van der Waals surface area contributed by atoms with E-state index in [4.69, 9.17) is 33.7 Å². The van der Waals surface area contributed by atoms with Crippen LogP contribution in [0.15, 0.2) is 48.5 Å². The van der Waals surface area contributed by atoms with Gasteiger partial charge in [-0.1, -0.05) is 41.4 Å². The molecule has 1 aromatic heterocycles. The van der Waals surface area contributed by atoms with E-state index in [0.29, 0.717) is 15.9 Å². The normalized spacial score (nSPS) is 10.7. The number of hydrogen-bond donors (Lipinski definition) is 1. The number of halogens is 2. The second kappa shape index (κ2) is 7.17. The molecule has 2 aromatic carbocycles. The lowest BCUT2D eigenvalue weighted by molar-refractivity contribution is 0.0996. The summed E-state index contributed by atoms with van der Waals surface area (Å²) >= 11 is 12.4. The van der Waals surface area contributed by atoms with Gasteiger partial charge >= 0.3 is 0 Å². The van der Waals surface area contributed by atoms with Gasteiger partial charge in [-0.2, -0.15) is 5.10 Å². The maximum absolute atomic E-state index is 11.5. The highest BCUT2D eigenvalue weighted by molar-refractivity contribution is 6.31. The highest BCUT2D eigenvalue weighted by Crippen LogP contribution is 2.28. The number of carbonyl (C=O) groups excluding carboxylic acids is 1. The number of aromatic nitrogens is 2. The fraction of sp³-hybridized carbons (Fsp3) is 0.111. The summed E-state index contributed by atoms with van der Waals surface area (Å²) < 4.78 is 7.39. The first-order valence-corrected chi connectivity index (χ1v) is 8.24. The highest BCUT2D eigenvalue weighted by atomic mass is 35.5. The fourth-order valence-electron chi connectivity index (χ4n) is 2.40. The molecule has 5 nitrogen and oxygen atoms in total. The van der Waals surface area contributed by atoms with Crippen LogP contribution in [0.4, 0.5) is 0 Å². The summed E-state index contributed by atoms with van der Waals surface area (Å²) in [7, 11) is 0. The van der Waals surface area contributed by atoms with E-state index in [1.54, 1.807) is 16.8 Å². The van der Waals surface area contributed by atoms with Crippen LogP contribution in [0.25, 0.3) is 5.69 Å². The number of hydrogen-bond acceptors (Lipinski definition) is 3. The zero-order valence-corrected chi connectivity index (χ0v) is 14.9. The summed E-state index contributed by atoms with van der Waals surface area (Å²) in [6.07, 6.45) is 0. The van der Waals surface area contributed by atoms with Gasteiger partial charge in [0.25, 0.3) is 5.91 Å². The lowest BCUT2D eigenvalue weighted by Gasteiger charge is -2.10. The average molecular weight is 376 g/mol. The summed E-state index contributed by atoms with van der Waals surface area (Å²) in [6, 6.07) is 14.2. The molecule has 1 heterocycles. The Hall–Kier alpha value is -2.50. The van der Waals surface area contributed by atoms with Crippen LogP contribution in [0.2, 0.25) is 10.2 Å². The lowest BCUT2D eigenvalue weighted by atomic mass is 10.2. The van der Waals surface area contributed by atoms with E-state index >= 15 is 0 Å². The molecular weight excluding hydrogens is 361 g/mol. The number of ether oxygens (including phenoxy) is 1. The standard InChI is InChI=1S/C18H15Cl2N3O2/c1-11-15(17(20)23(22-11)13-5-3-2-4-6-13)10-25-16-9-12(19)7-8-14(16)18(21)24/h2-9H,10H2,1H3,(H2,21,24). The Morgan fingerprint density at radius 2 is 1.92 bits per heavy atom.